The van der Waals surface area contributed by atoms with E-state index in [1.54, 1.807) is 12.1 Å². The number of benzene rings is 1. The Hall–Kier alpha value is -1.19. The van der Waals surface area contributed by atoms with E-state index in [1.807, 2.05) is 18.2 Å². The highest BCUT2D eigenvalue weighted by molar-refractivity contribution is 5.23. The van der Waals surface area contributed by atoms with E-state index in [0.29, 0.717) is 12.0 Å². The summed E-state index contributed by atoms with van der Waals surface area (Å²) >= 11 is 0. The minimum atomic E-state index is -0.166. The minimum absolute atomic E-state index is 0.166. The van der Waals surface area contributed by atoms with Gasteiger partial charge in [-0.05, 0) is 23.8 Å². The highest BCUT2D eigenvalue weighted by Gasteiger charge is 2.39. The molecular formula is C15H22FN2+. The summed E-state index contributed by atoms with van der Waals surface area (Å²) in [6.07, 6.45) is 1.97. The second-order valence-corrected chi connectivity index (χ2v) is 5.63. The number of nitrogens with zero attached hydrogens (tertiary/aromatic N) is 1. The molecule has 2 rings (SSSR count). The van der Waals surface area contributed by atoms with Crippen LogP contribution in [0.3, 0.4) is 0 Å². The highest BCUT2D eigenvalue weighted by Crippen LogP contribution is 2.29. The van der Waals surface area contributed by atoms with Crippen LogP contribution in [0.15, 0.2) is 36.9 Å². The molecule has 2 unspecified atom stereocenters. The van der Waals surface area contributed by atoms with Gasteiger partial charge in [-0.3, -0.25) is 0 Å². The number of rotatable bonds is 4. The zero-order valence-electron chi connectivity index (χ0n) is 11.2. The lowest BCUT2D eigenvalue weighted by molar-refractivity contribution is -0.908. The van der Waals surface area contributed by atoms with Gasteiger partial charge in [-0.25, -0.2) is 4.39 Å². The molecule has 1 fully saturated rings. The maximum Gasteiger partial charge on any atom is 0.123 e. The van der Waals surface area contributed by atoms with Crippen molar-refractivity contribution >= 4 is 0 Å². The SMILES string of the molecule is C=CC[N+](C)(C)C1CNCC1c1ccc(F)cc1. The van der Waals surface area contributed by atoms with Crippen molar-refractivity contribution < 1.29 is 8.87 Å². The van der Waals surface area contributed by atoms with Crippen molar-refractivity contribution in [1.82, 2.24) is 5.32 Å². The van der Waals surface area contributed by atoms with Crippen molar-refractivity contribution in [3.63, 3.8) is 0 Å². The first-order valence-corrected chi connectivity index (χ1v) is 6.44. The molecule has 98 valence electrons. The molecule has 18 heavy (non-hydrogen) atoms. The Balaban J connectivity index is 2.22. The topological polar surface area (TPSA) is 12.0 Å². The Morgan fingerprint density at radius 1 is 1.33 bits per heavy atom. The summed E-state index contributed by atoms with van der Waals surface area (Å²) in [5, 5.41) is 3.46. The van der Waals surface area contributed by atoms with Gasteiger partial charge in [0, 0.05) is 19.0 Å². The number of quaternary nitrogens is 1. The van der Waals surface area contributed by atoms with Gasteiger partial charge >= 0.3 is 0 Å². The Labute approximate surface area is 109 Å². The predicted octanol–water partition coefficient (Wildman–Crippen LogP) is 2.14. The average Bonchev–Trinajstić information content (AvgIpc) is 2.79. The van der Waals surface area contributed by atoms with Crippen LogP contribution in [-0.2, 0) is 0 Å². The molecule has 3 heteroatoms. The van der Waals surface area contributed by atoms with Crippen LogP contribution in [0.2, 0.25) is 0 Å². The van der Waals surface area contributed by atoms with E-state index in [9.17, 15) is 4.39 Å². The number of hydrogen-bond acceptors (Lipinski definition) is 1. The molecule has 0 bridgehead atoms. The summed E-state index contributed by atoms with van der Waals surface area (Å²) in [4.78, 5) is 0. The van der Waals surface area contributed by atoms with Gasteiger partial charge < -0.3 is 9.80 Å². The highest BCUT2D eigenvalue weighted by atomic mass is 19.1. The lowest BCUT2D eigenvalue weighted by atomic mass is 9.92. The largest absolute Gasteiger partial charge is 0.321 e. The molecule has 1 N–H and O–H groups in total. The van der Waals surface area contributed by atoms with E-state index >= 15 is 0 Å². The van der Waals surface area contributed by atoms with E-state index in [1.165, 1.54) is 5.56 Å². The fourth-order valence-corrected chi connectivity index (χ4v) is 2.92. The molecule has 1 saturated heterocycles. The third kappa shape index (κ3) is 2.62. The molecule has 0 radical (unpaired) electrons. The standard InChI is InChI=1S/C15H22FN2/c1-4-9-18(2,3)15-11-17-10-14(15)12-5-7-13(16)8-6-12/h4-8,14-15,17H,1,9-11H2,2-3H3/q+1. The van der Waals surface area contributed by atoms with Gasteiger partial charge in [-0.2, -0.15) is 0 Å². The Morgan fingerprint density at radius 3 is 2.61 bits per heavy atom. The number of hydrogen-bond donors (Lipinski definition) is 1. The lowest BCUT2D eigenvalue weighted by Gasteiger charge is -2.38. The molecule has 0 spiro atoms. The maximum atomic E-state index is 13.0. The van der Waals surface area contributed by atoms with Gasteiger partial charge in [-0.15, -0.1) is 0 Å². The van der Waals surface area contributed by atoms with Crippen LogP contribution in [0.25, 0.3) is 0 Å². The van der Waals surface area contributed by atoms with E-state index in [0.717, 1.165) is 24.1 Å². The van der Waals surface area contributed by atoms with Crippen LogP contribution in [0.5, 0.6) is 0 Å². The van der Waals surface area contributed by atoms with Gasteiger partial charge in [0.25, 0.3) is 0 Å². The third-order valence-electron chi connectivity index (χ3n) is 3.98. The van der Waals surface area contributed by atoms with Gasteiger partial charge in [0.05, 0.1) is 20.6 Å². The molecule has 2 nitrogen and oxygen atoms in total. The number of halogens is 1. The normalized spacial score (nSPS) is 24.2. The van der Waals surface area contributed by atoms with Crippen LogP contribution >= 0.6 is 0 Å². The van der Waals surface area contributed by atoms with Crippen molar-refractivity contribution in [2.75, 3.05) is 33.7 Å². The second kappa shape index (κ2) is 5.21. The van der Waals surface area contributed by atoms with Crippen LogP contribution in [-0.4, -0.2) is 44.3 Å². The average molecular weight is 249 g/mol. The van der Waals surface area contributed by atoms with Crippen molar-refractivity contribution in [2.24, 2.45) is 0 Å². The van der Waals surface area contributed by atoms with Crippen molar-refractivity contribution in [3.05, 3.63) is 48.3 Å². The molecule has 1 heterocycles. The zero-order valence-corrected chi connectivity index (χ0v) is 11.2. The molecule has 0 aromatic heterocycles. The summed E-state index contributed by atoms with van der Waals surface area (Å²) in [5.41, 5.74) is 1.22. The molecule has 0 saturated carbocycles. The predicted molar refractivity (Wildman–Crippen MR) is 73.0 cm³/mol. The van der Waals surface area contributed by atoms with E-state index in [2.05, 4.69) is 26.0 Å². The van der Waals surface area contributed by atoms with Crippen molar-refractivity contribution in [3.8, 4) is 0 Å². The van der Waals surface area contributed by atoms with Crippen LogP contribution < -0.4 is 5.32 Å². The Morgan fingerprint density at radius 2 is 2.00 bits per heavy atom. The lowest BCUT2D eigenvalue weighted by Crippen LogP contribution is -2.52. The second-order valence-electron chi connectivity index (χ2n) is 5.63. The Kier molecular flexibility index (Phi) is 3.83. The van der Waals surface area contributed by atoms with Crippen LogP contribution in [0.1, 0.15) is 11.5 Å². The smallest absolute Gasteiger partial charge is 0.123 e. The number of likely N-dealkylation sites (N-methyl/N-ethyl adjacent to an activating group) is 1. The molecular weight excluding hydrogens is 227 g/mol. The quantitative estimate of drug-likeness (QED) is 0.637. The molecule has 0 amide bonds. The molecule has 1 aliphatic rings. The Bertz CT molecular complexity index is 411. The van der Waals surface area contributed by atoms with Crippen LogP contribution in [0, 0.1) is 5.82 Å². The van der Waals surface area contributed by atoms with Crippen molar-refractivity contribution in [1.29, 1.82) is 0 Å². The first-order valence-electron chi connectivity index (χ1n) is 6.44. The fraction of sp³-hybridized carbons (Fsp3) is 0.467. The van der Waals surface area contributed by atoms with Gasteiger partial charge in [-0.1, -0.05) is 18.7 Å². The van der Waals surface area contributed by atoms with E-state index in [4.69, 9.17) is 0 Å². The fourth-order valence-electron chi connectivity index (χ4n) is 2.92. The first kappa shape index (κ1) is 13.2. The zero-order chi connectivity index (χ0) is 13.2. The number of nitrogens with one attached hydrogen (secondary N) is 1. The molecule has 1 aliphatic heterocycles. The summed E-state index contributed by atoms with van der Waals surface area (Å²) in [6.45, 7) is 6.76. The monoisotopic (exact) mass is 249 g/mol. The minimum Gasteiger partial charge on any atom is -0.321 e. The summed E-state index contributed by atoms with van der Waals surface area (Å²) in [7, 11) is 4.46. The maximum absolute atomic E-state index is 13.0. The third-order valence-corrected chi connectivity index (χ3v) is 3.98. The molecule has 1 aromatic rings. The van der Waals surface area contributed by atoms with Crippen LogP contribution in [0.4, 0.5) is 4.39 Å². The van der Waals surface area contributed by atoms with E-state index < -0.39 is 0 Å². The summed E-state index contributed by atoms with van der Waals surface area (Å²) < 4.78 is 13.9. The summed E-state index contributed by atoms with van der Waals surface area (Å²) in [6, 6.07) is 7.44. The first-order chi connectivity index (χ1) is 8.54. The van der Waals surface area contributed by atoms with E-state index in [-0.39, 0.29) is 5.82 Å². The van der Waals surface area contributed by atoms with Gasteiger partial charge in [0.1, 0.15) is 11.9 Å². The van der Waals surface area contributed by atoms with Gasteiger partial charge in [0.15, 0.2) is 0 Å². The summed E-state index contributed by atoms with van der Waals surface area (Å²) in [5.74, 6) is 0.279. The molecule has 0 aliphatic carbocycles. The molecule has 1 aromatic carbocycles. The van der Waals surface area contributed by atoms with Crippen molar-refractivity contribution in [2.45, 2.75) is 12.0 Å². The molecule has 2 atom stereocenters. The van der Waals surface area contributed by atoms with Gasteiger partial charge in [0.2, 0.25) is 0 Å².